The summed E-state index contributed by atoms with van der Waals surface area (Å²) >= 11 is 0. The molecule has 4 aromatic carbocycles. The van der Waals surface area contributed by atoms with Crippen molar-refractivity contribution in [2.45, 2.75) is 17.4 Å². The molecular formula is C27H24N2O6S. The molecule has 1 amide bonds. The van der Waals surface area contributed by atoms with E-state index in [0.717, 1.165) is 34.5 Å². The summed E-state index contributed by atoms with van der Waals surface area (Å²) < 4.78 is 28.7. The Hall–Kier alpha value is -4.21. The fraction of sp³-hybridized carbons (Fsp3) is 0.111. The van der Waals surface area contributed by atoms with Crippen molar-refractivity contribution < 1.29 is 28.2 Å². The third-order valence-electron chi connectivity index (χ3n) is 5.61. The van der Waals surface area contributed by atoms with Crippen molar-refractivity contribution in [1.82, 2.24) is 5.32 Å². The minimum absolute atomic E-state index is 0.153. The molecule has 0 radical (unpaired) electrons. The fourth-order valence-corrected chi connectivity index (χ4v) is 4.92. The average Bonchev–Trinajstić information content (AvgIpc) is 2.88. The Bertz CT molecular complexity index is 1520. The van der Waals surface area contributed by atoms with Crippen LogP contribution in [0.4, 0.5) is 5.69 Å². The van der Waals surface area contributed by atoms with Crippen LogP contribution in [-0.2, 0) is 16.4 Å². The second-order valence-electron chi connectivity index (χ2n) is 8.26. The lowest BCUT2D eigenvalue weighted by atomic mass is 10.1. The molecule has 1 atom stereocenters. The lowest BCUT2D eigenvalue weighted by Gasteiger charge is -2.17. The van der Waals surface area contributed by atoms with E-state index in [9.17, 15) is 28.2 Å². The SMILES string of the molecule is O=C(O)c1cc(C(=O)N[C@H](CO)Cc2ccccc2)cc(S(=O)(=O)Nc2ccc3ccccc3c2)c1. The Labute approximate surface area is 208 Å². The molecule has 9 heteroatoms. The summed E-state index contributed by atoms with van der Waals surface area (Å²) in [7, 11) is -4.22. The van der Waals surface area contributed by atoms with Gasteiger partial charge in [-0.2, -0.15) is 0 Å². The average molecular weight is 505 g/mol. The van der Waals surface area contributed by atoms with Crippen LogP contribution < -0.4 is 10.0 Å². The van der Waals surface area contributed by atoms with Gasteiger partial charge in [0.25, 0.3) is 15.9 Å². The van der Waals surface area contributed by atoms with E-state index < -0.39 is 27.9 Å². The van der Waals surface area contributed by atoms with E-state index in [4.69, 9.17) is 0 Å². The second kappa shape index (κ2) is 10.6. The lowest BCUT2D eigenvalue weighted by Crippen LogP contribution is -2.39. The fourth-order valence-electron chi connectivity index (χ4n) is 3.80. The van der Waals surface area contributed by atoms with E-state index in [1.807, 2.05) is 54.6 Å². The van der Waals surface area contributed by atoms with Crippen molar-refractivity contribution in [1.29, 1.82) is 0 Å². The normalized spacial score (nSPS) is 12.1. The van der Waals surface area contributed by atoms with Crippen LogP contribution in [0.15, 0.2) is 95.9 Å². The van der Waals surface area contributed by atoms with E-state index in [2.05, 4.69) is 10.0 Å². The molecule has 0 aliphatic carbocycles. The van der Waals surface area contributed by atoms with Crippen molar-refractivity contribution in [3.05, 3.63) is 108 Å². The number of hydrogen-bond acceptors (Lipinski definition) is 5. The lowest BCUT2D eigenvalue weighted by molar-refractivity contribution is 0.0696. The summed E-state index contributed by atoms with van der Waals surface area (Å²) in [6.45, 7) is -0.353. The van der Waals surface area contributed by atoms with Crippen LogP contribution >= 0.6 is 0 Å². The second-order valence-corrected chi connectivity index (χ2v) is 9.94. The quantitative estimate of drug-likeness (QED) is 0.275. The topological polar surface area (TPSA) is 133 Å². The minimum atomic E-state index is -4.22. The van der Waals surface area contributed by atoms with E-state index in [-0.39, 0.29) is 22.6 Å². The van der Waals surface area contributed by atoms with Crippen LogP contribution in [-0.4, -0.2) is 43.2 Å². The van der Waals surface area contributed by atoms with Crippen LogP contribution in [0.5, 0.6) is 0 Å². The number of amides is 1. The molecule has 36 heavy (non-hydrogen) atoms. The standard InChI is InChI=1S/C27H24N2O6S/c30-17-24(12-18-6-2-1-3-7-18)28-26(31)21-13-22(27(32)33)16-25(15-21)36(34,35)29-23-11-10-19-8-4-5-9-20(19)14-23/h1-11,13-16,24,29-30H,12,17H2,(H,28,31)(H,32,33)/t24-/m0/s1. The number of carboxylic acids is 1. The van der Waals surface area contributed by atoms with Crippen LogP contribution in [0.3, 0.4) is 0 Å². The molecule has 0 spiro atoms. The van der Waals surface area contributed by atoms with Gasteiger partial charge in [0.1, 0.15) is 0 Å². The molecule has 4 rings (SSSR count). The number of aliphatic hydroxyl groups is 1. The van der Waals surface area contributed by atoms with Gasteiger partial charge in [0, 0.05) is 11.3 Å². The van der Waals surface area contributed by atoms with Crippen molar-refractivity contribution >= 4 is 38.4 Å². The van der Waals surface area contributed by atoms with E-state index in [0.29, 0.717) is 12.1 Å². The van der Waals surface area contributed by atoms with Crippen LogP contribution in [0.25, 0.3) is 10.8 Å². The smallest absolute Gasteiger partial charge is 0.335 e. The van der Waals surface area contributed by atoms with Crippen molar-refractivity contribution in [2.75, 3.05) is 11.3 Å². The number of fused-ring (bicyclic) bond motifs is 1. The Morgan fingerprint density at radius 2 is 1.47 bits per heavy atom. The Morgan fingerprint density at radius 1 is 0.806 bits per heavy atom. The molecule has 0 unspecified atom stereocenters. The number of benzene rings is 4. The van der Waals surface area contributed by atoms with Gasteiger partial charge in [-0.3, -0.25) is 9.52 Å². The monoisotopic (exact) mass is 504 g/mol. The Morgan fingerprint density at radius 3 is 2.17 bits per heavy atom. The highest BCUT2D eigenvalue weighted by molar-refractivity contribution is 7.92. The summed E-state index contributed by atoms with van der Waals surface area (Å²) in [4.78, 5) is 24.3. The van der Waals surface area contributed by atoms with Gasteiger partial charge in [-0.15, -0.1) is 0 Å². The number of sulfonamides is 1. The molecular weight excluding hydrogens is 480 g/mol. The minimum Gasteiger partial charge on any atom is -0.478 e. The first kappa shape index (κ1) is 24.9. The summed E-state index contributed by atoms with van der Waals surface area (Å²) in [5.74, 6) is -2.08. The number of carbonyl (C=O) groups is 2. The van der Waals surface area contributed by atoms with Gasteiger partial charge in [0.2, 0.25) is 0 Å². The molecule has 0 heterocycles. The third kappa shape index (κ3) is 5.88. The number of carboxylic acid groups (broad SMARTS) is 1. The van der Waals surface area contributed by atoms with Crippen LogP contribution in [0, 0.1) is 0 Å². The zero-order chi connectivity index (χ0) is 25.7. The number of carbonyl (C=O) groups excluding carboxylic acids is 1. The molecule has 0 fully saturated rings. The van der Waals surface area contributed by atoms with Gasteiger partial charge in [0.15, 0.2) is 0 Å². The van der Waals surface area contributed by atoms with E-state index in [1.165, 1.54) is 0 Å². The predicted molar refractivity (Wildman–Crippen MR) is 137 cm³/mol. The molecule has 0 saturated carbocycles. The largest absolute Gasteiger partial charge is 0.478 e. The zero-order valence-electron chi connectivity index (χ0n) is 19.1. The molecule has 184 valence electrons. The highest BCUT2D eigenvalue weighted by atomic mass is 32.2. The number of aliphatic hydroxyl groups excluding tert-OH is 1. The summed E-state index contributed by atoms with van der Waals surface area (Å²) in [6.07, 6.45) is 0.344. The molecule has 0 saturated heterocycles. The van der Waals surface area contributed by atoms with Crippen LogP contribution in [0.2, 0.25) is 0 Å². The van der Waals surface area contributed by atoms with Gasteiger partial charge < -0.3 is 15.5 Å². The summed E-state index contributed by atoms with van der Waals surface area (Å²) in [5, 5.41) is 23.7. The van der Waals surface area contributed by atoms with Crippen LogP contribution in [0.1, 0.15) is 26.3 Å². The molecule has 0 aliphatic rings. The number of nitrogens with one attached hydrogen (secondary N) is 2. The summed E-state index contributed by atoms with van der Waals surface area (Å²) in [6, 6.07) is 24.3. The van der Waals surface area contributed by atoms with Gasteiger partial charge in [-0.1, -0.05) is 60.7 Å². The molecule has 4 N–H and O–H groups in total. The van der Waals surface area contributed by atoms with E-state index >= 15 is 0 Å². The van der Waals surface area contributed by atoms with Gasteiger partial charge in [-0.05, 0) is 53.1 Å². The predicted octanol–water partition coefficient (Wildman–Crippen LogP) is 3.67. The molecule has 0 aliphatic heterocycles. The van der Waals surface area contributed by atoms with Gasteiger partial charge in [0.05, 0.1) is 23.1 Å². The maximum atomic E-state index is 13.1. The zero-order valence-corrected chi connectivity index (χ0v) is 19.9. The van der Waals surface area contributed by atoms with Crippen molar-refractivity contribution in [3.8, 4) is 0 Å². The maximum absolute atomic E-state index is 13.1. The highest BCUT2D eigenvalue weighted by Crippen LogP contribution is 2.23. The molecule has 0 aromatic heterocycles. The molecule has 8 nitrogen and oxygen atoms in total. The summed E-state index contributed by atoms with van der Waals surface area (Å²) in [5.41, 5.74) is 0.674. The molecule has 0 bridgehead atoms. The first-order valence-electron chi connectivity index (χ1n) is 11.1. The Kier molecular flexibility index (Phi) is 7.33. The number of hydrogen-bond donors (Lipinski definition) is 4. The molecule has 4 aromatic rings. The third-order valence-corrected chi connectivity index (χ3v) is 6.97. The van der Waals surface area contributed by atoms with Crippen molar-refractivity contribution in [2.24, 2.45) is 0 Å². The number of aromatic carboxylic acids is 1. The highest BCUT2D eigenvalue weighted by Gasteiger charge is 2.22. The van der Waals surface area contributed by atoms with Crippen molar-refractivity contribution in [3.63, 3.8) is 0 Å². The number of rotatable bonds is 9. The van der Waals surface area contributed by atoms with Gasteiger partial charge >= 0.3 is 5.97 Å². The Balaban J connectivity index is 1.61. The van der Waals surface area contributed by atoms with E-state index in [1.54, 1.807) is 18.2 Å². The van der Waals surface area contributed by atoms with Gasteiger partial charge in [-0.25, -0.2) is 13.2 Å². The first-order chi connectivity index (χ1) is 17.2. The maximum Gasteiger partial charge on any atom is 0.335 e. The first-order valence-corrected chi connectivity index (χ1v) is 12.6. The number of anilines is 1.